The Kier molecular flexibility index (Phi) is 6.70. The van der Waals surface area contributed by atoms with Crippen LogP contribution in [-0.2, 0) is 47.5 Å². The largest absolute Gasteiger partial charge is 0.469 e. The summed E-state index contributed by atoms with van der Waals surface area (Å²) in [5, 5.41) is 37.5. The third-order valence-electron chi connectivity index (χ3n) is 14.5. The van der Waals surface area contributed by atoms with Crippen LogP contribution < -0.4 is 0 Å². The van der Waals surface area contributed by atoms with Crippen LogP contribution in [-0.4, -0.2) is 114 Å². The van der Waals surface area contributed by atoms with Gasteiger partial charge < -0.3 is 53.2 Å². The Morgan fingerprint density at radius 3 is 2.52 bits per heavy atom. The second-order valence-corrected chi connectivity index (χ2v) is 16.1. The van der Waals surface area contributed by atoms with Gasteiger partial charge in [0.1, 0.15) is 17.3 Å². The molecule has 270 valence electrons. The number of benzene rings is 1. The molecule has 5 aliphatic heterocycles. The van der Waals surface area contributed by atoms with Gasteiger partial charge in [-0.25, -0.2) is 9.59 Å². The van der Waals surface area contributed by atoms with Gasteiger partial charge in [0, 0.05) is 53.6 Å². The Morgan fingerprint density at radius 1 is 1.04 bits per heavy atom. The molecule has 9 rings (SSSR count). The molecule has 0 amide bonds. The summed E-state index contributed by atoms with van der Waals surface area (Å²) in [5.41, 5.74) is -7.83. The van der Waals surface area contributed by atoms with Crippen molar-refractivity contribution in [2.24, 2.45) is 34.0 Å². The summed E-state index contributed by atoms with van der Waals surface area (Å²) >= 11 is 0. The van der Waals surface area contributed by atoms with Crippen molar-refractivity contribution < 1.29 is 62.8 Å². The lowest BCUT2D eigenvalue weighted by Gasteiger charge is -2.66. The summed E-state index contributed by atoms with van der Waals surface area (Å²) in [6, 6.07) is 9.30. The van der Waals surface area contributed by atoms with Gasteiger partial charge in [-0.3, -0.25) is 0 Å². The Morgan fingerprint density at radius 2 is 1.80 bits per heavy atom. The number of fused-ring (bicyclic) bond motifs is 11. The number of methoxy groups -OCH3 is 2. The summed E-state index contributed by atoms with van der Waals surface area (Å²) < 4.78 is 50.3. The molecule has 0 aromatic heterocycles. The molecule has 16 atom stereocenters. The number of hydrogen-bond donors (Lipinski definition) is 3. The number of ether oxygens (including phenoxy) is 8. The van der Waals surface area contributed by atoms with Crippen LogP contribution >= 0.6 is 0 Å². The molecule has 14 unspecified atom stereocenters. The Hall–Kier alpha value is -2.88. The number of carbonyl (C=O) groups is 2. The minimum absolute atomic E-state index is 0.00907. The summed E-state index contributed by atoms with van der Waals surface area (Å²) in [6.07, 6.45) is 0.492. The van der Waals surface area contributed by atoms with E-state index in [1.54, 1.807) is 13.0 Å². The predicted molar refractivity (Wildman–Crippen MR) is 169 cm³/mol. The molecule has 5 heterocycles. The van der Waals surface area contributed by atoms with Crippen LogP contribution in [0.4, 0.5) is 0 Å². The van der Waals surface area contributed by atoms with Crippen molar-refractivity contribution in [3.05, 3.63) is 54.3 Å². The van der Waals surface area contributed by atoms with Crippen molar-refractivity contribution in [1.29, 1.82) is 0 Å². The molecule has 3 N–H and O–H groups in total. The fraction of sp³-hybridized carbons (Fsp3) is 0.676. The Bertz CT molecular complexity index is 1680. The highest BCUT2D eigenvalue weighted by molar-refractivity contribution is 5.87. The van der Waals surface area contributed by atoms with E-state index in [4.69, 9.17) is 37.9 Å². The maximum atomic E-state index is 14.2. The van der Waals surface area contributed by atoms with E-state index in [0.29, 0.717) is 0 Å². The lowest BCUT2D eigenvalue weighted by Crippen LogP contribution is -2.78. The van der Waals surface area contributed by atoms with Gasteiger partial charge in [0.05, 0.1) is 51.0 Å². The molecule has 50 heavy (non-hydrogen) atoms. The summed E-state index contributed by atoms with van der Waals surface area (Å²) in [6.45, 7) is 5.53. The van der Waals surface area contributed by atoms with Crippen molar-refractivity contribution in [2.45, 2.75) is 93.0 Å². The molecule has 8 aliphatic rings. The van der Waals surface area contributed by atoms with E-state index in [1.807, 2.05) is 44.2 Å². The fourth-order valence-electron chi connectivity index (χ4n) is 12.5. The number of aliphatic hydroxyl groups excluding tert-OH is 1. The molecule has 7 fully saturated rings. The Balaban J connectivity index is 1.25. The molecule has 13 heteroatoms. The van der Waals surface area contributed by atoms with Crippen molar-refractivity contribution >= 4 is 18.0 Å². The topological polar surface area (TPSA) is 169 Å². The number of esters is 2. The van der Waals surface area contributed by atoms with Crippen LogP contribution in [0.15, 0.2) is 48.7 Å². The summed E-state index contributed by atoms with van der Waals surface area (Å²) in [5.74, 6) is -5.97. The van der Waals surface area contributed by atoms with Crippen molar-refractivity contribution in [2.75, 3.05) is 27.4 Å². The number of carbonyl (C=O) groups excluding carboxylic acids is 2. The molecule has 1 spiro atoms. The molecule has 13 nitrogen and oxygen atoms in total. The molecule has 2 bridgehead atoms. The Labute approximate surface area is 289 Å². The SMILES string of the molecule is COC(=O)[C@@]1(OC)OCC23C(OC(=O)/C=C/c4ccccc4)C[C@H](O)C4(C)COC(C24)C2OC4(C)C5CC(OC6OC=CC65O)C4(O)C2(C)C31. The number of rotatable bonds is 5. The van der Waals surface area contributed by atoms with Gasteiger partial charge in [0.2, 0.25) is 6.29 Å². The molecule has 1 aromatic carbocycles. The molecule has 1 aromatic rings. The third-order valence-corrected chi connectivity index (χ3v) is 14.5. The first-order chi connectivity index (χ1) is 23.7. The normalized spacial score (nSPS) is 54.8. The van der Waals surface area contributed by atoms with Gasteiger partial charge in [0.15, 0.2) is 5.60 Å². The standard InChI is InChI=1S/C37H44O13/c1-31-17-46-25-26(31)34(22(16-21(31)38)48-24(39)12-11-19-9-7-6-8-10-19)18-47-36(44-5,29(40)43-4)28(34)32(2)27(25)50-33(3)20-15-23(37(32,33)42)49-30-35(20,41)13-14-45-30/h6-14,20-23,25-28,30,38,41-42H,15-18H2,1-5H3/b12-11+/t20?,21-,22?,23?,25?,26?,27?,28?,30?,31?,32?,33?,34?,35?,36-,37?/m0/s1. The van der Waals surface area contributed by atoms with Crippen LogP contribution in [0.5, 0.6) is 0 Å². The van der Waals surface area contributed by atoms with Crippen LogP contribution in [0.25, 0.3) is 6.08 Å². The first-order valence-electron chi connectivity index (χ1n) is 17.3. The first-order valence-corrected chi connectivity index (χ1v) is 17.3. The highest BCUT2D eigenvalue weighted by atomic mass is 16.7. The maximum Gasteiger partial charge on any atom is 0.366 e. The van der Waals surface area contributed by atoms with E-state index in [0.717, 1.165) is 5.56 Å². The van der Waals surface area contributed by atoms with Gasteiger partial charge in [-0.2, -0.15) is 0 Å². The second-order valence-electron chi connectivity index (χ2n) is 16.1. The summed E-state index contributed by atoms with van der Waals surface area (Å²) in [4.78, 5) is 27.9. The zero-order valence-corrected chi connectivity index (χ0v) is 28.6. The number of aliphatic hydroxyl groups is 3. The summed E-state index contributed by atoms with van der Waals surface area (Å²) in [7, 11) is 2.58. The molecule has 4 saturated heterocycles. The van der Waals surface area contributed by atoms with E-state index in [9.17, 15) is 24.9 Å². The second kappa shape index (κ2) is 10.2. The quantitative estimate of drug-likeness (QED) is 0.299. The highest BCUT2D eigenvalue weighted by Gasteiger charge is 2.94. The van der Waals surface area contributed by atoms with Crippen LogP contribution in [0.1, 0.15) is 39.2 Å². The van der Waals surface area contributed by atoms with Gasteiger partial charge in [0.25, 0.3) is 5.79 Å². The number of hydrogen-bond acceptors (Lipinski definition) is 13. The fourth-order valence-corrected chi connectivity index (χ4v) is 12.5. The van der Waals surface area contributed by atoms with Crippen LogP contribution in [0.3, 0.4) is 0 Å². The zero-order chi connectivity index (χ0) is 35.3. The maximum absolute atomic E-state index is 14.2. The minimum atomic E-state index is -2.10. The van der Waals surface area contributed by atoms with Gasteiger partial charge in [-0.1, -0.05) is 44.2 Å². The molecular weight excluding hydrogens is 652 g/mol. The van der Waals surface area contributed by atoms with Crippen LogP contribution in [0.2, 0.25) is 0 Å². The van der Waals surface area contributed by atoms with Gasteiger partial charge in [-0.15, -0.1) is 0 Å². The van der Waals surface area contributed by atoms with E-state index in [2.05, 4.69) is 0 Å². The van der Waals surface area contributed by atoms with Gasteiger partial charge in [-0.05, 0) is 31.1 Å². The minimum Gasteiger partial charge on any atom is -0.469 e. The van der Waals surface area contributed by atoms with E-state index >= 15 is 0 Å². The highest BCUT2D eigenvalue weighted by Crippen LogP contribution is 2.80. The van der Waals surface area contributed by atoms with Crippen LogP contribution in [0, 0.1) is 34.0 Å². The smallest absolute Gasteiger partial charge is 0.366 e. The van der Waals surface area contributed by atoms with E-state index in [1.165, 1.54) is 32.6 Å². The van der Waals surface area contributed by atoms with E-state index in [-0.39, 0.29) is 26.1 Å². The van der Waals surface area contributed by atoms with Crippen molar-refractivity contribution in [1.82, 2.24) is 0 Å². The van der Waals surface area contributed by atoms with E-state index < -0.39 is 105 Å². The molecule has 3 aliphatic carbocycles. The average molecular weight is 697 g/mol. The predicted octanol–water partition coefficient (Wildman–Crippen LogP) is 1.47. The van der Waals surface area contributed by atoms with Gasteiger partial charge >= 0.3 is 11.9 Å². The molecule has 3 saturated carbocycles. The molecule has 0 radical (unpaired) electrons. The first kappa shape index (κ1) is 33.0. The lowest BCUT2D eigenvalue weighted by atomic mass is 9.37. The lowest BCUT2D eigenvalue weighted by molar-refractivity contribution is -0.317. The van der Waals surface area contributed by atoms with Crippen molar-refractivity contribution in [3.63, 3.8) is 0 Å². The average Bonchev–Trinajstić information content (AvgIpc) is 3.86. The monoisotopic (exact) mass is 696 g/mol. The third kappa shape index (κ3) is 3.43. The zero-order valence-electron chi connectivity index (χ0n) is 28.6. The molecular formula is C37H44O13. The van der Waals surface area contributed by atoms with Crippen molar-refractivity contribution in [3.8, 4) is 0 Å².